The molecule has 1 aromatic carbocycles. The number of rotatable bonds is 4. The third-order valence-corrected chi connectivity index (χ3v) is 3.29. The van der Waals surface area contributed by atoms with Gasteiger partial charge in [0.05, 0.1) is 18.2 Å². The molecular weight excluding hydrogens is 286 g/mol. The Balaban J connectivity index is 1.71. The fourth-order valence-corrected chi connectivity index (χ4v) is 2.15. The molecule has 0 radical (unpaired) electrons. The number of fused-ring (bicyclic) bond motifs is 1. The molecule has 0 saturated heterocycles. The third kappa shape index (κ3) is 2.28. The second-order valence-corrected chi connectivity index (χ2v) is 4.64. The fraction of sp³-hybridized carbons (Fsp3) is 0.0667. The normalized spacial score (nSPS) is 13.2. The highest BCUT2D eigenvalue weighted by molar-refractivity contribution is 6.20. The summed E-state index contributed by atoms with van der Waals surface area (Å²) >= 11 is 0. The number of hydrogen-bond acceptors (Lipinski definition) is 6. The average Bonchev–Trinajstić information content (AvgIpc) is 2.78. The lowest BCUT2D eigenvalue weighted by atomic mass is 10.2. The van der Waals surface area contributed by atoms with Crippen molar-refractivity contribution in [3.63, 3.8) is 0 Å². The topological polar surface area (TPSA) is 102 Å². The summed E-state index contributed by atoms with van der Waals surface area (Å²) in [6.07, 6.45) is 1.46. The van der Waals surface area contributed by atoms with Crippen molar-refractivity contribution in [3.8, 4) is 0 Å². The molecule has 7 nitrogen and oxygen atoms in total. The first-order valence-corrected chi connectivity index (χ1v) is 6.44. The van der Waals surface area contributed by atoms with Gasteiger partial charge in [-0.05, 0) is 29.8 Å². The fourth-order valence-electron chi connectivity index (χ4n) is 2.15. The number of anilines is 1. The average molecular weight is 296 g/mol. The number of amides is 2. The number of pyridine rings is 1. The van der Waals surface area contributed by atoms with E-state index in [-0.39, 0.29) is 23.5 Å². The minimum absolute atomic E-state index is 0.0291. The molecule has 0 bridgehead atoms. The Morgan fingerprint density at radius 1 is 1.14 bits per heavy atom. The molecule has 1 aromatic heterocycles. The molecule has 0 unspecified atom stereocenters. The number of benzene rings is 1. The van der Waals surface area contributed by atoms with Gasteiger partial charge in [0, 0.05) is 11.9 Å². The molecule has 0 fully saturated rings. The summed E-state index contributed by atoms with van der Waals surface area (Å²) in [7, 11) is 0. The number of hydrogen-bond donors (Lipinski definition) is 1. The van der Waals surface area contributed by atoms with E-state index in [0.29, 0.717) is 5.69 Å². The van der Waals surface area contributed by atoms with Crippen molar-refractivity contribution in [2.75, 3.05) is 12.0 Å². The van der Waals surface area contributed by atoms with E-state index in [1.165, 1.54) is 30.5 Å². The van der Waals surface area contributed by atoms with Crippen LogP contribution in [-0.2, 0) is 0 Å². The molecule has 22 heavy (non-hydrogen) atoms. The molecule has 2 amide bonds. The molecule has 1 N–H and O–H groups in total. The summed E-state index contributed by atoms with van der Waals surface area (Å²) in [6.45, 7) is -0.0291. The second-order valence-electron chi connectivity index (χ2n) is 4.64. The Hall–Kier alpha value is -3.22. The van der Waals surface area contributed by atoms with Crippen molar-refractivity contribution in [1.29, 1.82) is 0 Å². The maximum Gasteiger partial charge on any atom is 0.281 e. The Morgan fingerprint density at radius 3 is 2.50 bits per heavy atom. The van der Waals surface area contributed by atoms with Gasteiger partial charge in [0.1, 0.15) is 5.69 Å². The van der Waals surface area contributed by atoms with Gasteiger partial charge in [-0.2, -0.15) is 0 Å². The lowest BCUT2D eigenvalue weighted by Crippen LogP contribution is -2.34. The molecule has 0 aliphatic carbocycles. The van der Waals surface area contributed by atoms with Crippen molar-refractivity contribution in [3.05, 3.63) is 59.4 Å². The SMILES string of the molecule is O=C([O-])c1ccc(NCN2C(=O)c3cccnc3C2=O)cc1. The van der Waals surface area contributed by atoms with Crippen LogP contribution in [0.2, 0.25) is 0 Å². The van der Waals surface area contributed by atoms with Crippen molar-refractivity contribution < 1.29 is 19.5 Å². The summed E-state index contributed by atoms with van der Waals surface area (Å²) in [5.74, 6) is -2.13. The van der Waals surface area contributed by atoms with Crippen molar-refractivity contribution in [2.45, 2.75) is 0 Å². The quantitative estimate of drug-likeness (QED) is 0.803. The number of carboxylic acids is 1. The number of aromatic carboxylic acids is 1. The molecule has 0 spiro atoms. The van der Waals surface area contributed by atoms with E-state index < -0.39 is 17.8 Å². The zero-order chi connectivity index (χ0) is 15.7. The van der Waals surface area contributed by atoms with Crippen LogP contribution in [-0.4, -0.2) is 34.3 Å². The summed E-state index contributed by atoms with van der Waals surface area (Å²) in [6, 6.07) is 8.96. The summed E-state index contributed by atoms with van der Waals surface area (Å²) < 4.78 is 0. The number of aromatic nitrogens is 1. The number of carbonyl (C=O) groups excluding carboxylic acids is 3. The molecule has 0 saturated carbocycles. The molecule has 110 valence electrons. The second kappa shape index (κ2) is 5.28. The number of imide groups is 1. The van der Waals surface area contributed by atoms with Gasteiger partial charge in [0.25, 0.3) is 11.8 Å². The summed E-state index contributed by atoms with van der Waals surface area (Å²) in [5.41, 5.74) is 1.05. The van der Waals surface area contributed by atoms with Crippen LogP contribution in [0, 0.1) is 0 Å². The number of carboxylic acid groups (broad SMARTS) is 1. The predicted octanol–water partition coefficient (Wildman–Crippen LogP) is 0.111. The van der Waals surface area contributed by atoms with Crippen molar-refractivity contribution in [2.24, 2.45) is 0 Å². The lowest BCUT2D eigenvalue weighted by molar-refractivity contribution is -0.255. The third-order valence-electron chi connectivity index (χ3n) is 3.29. The van der Waals surface area contributed by atoms with E-state index in [4.69, 9.17) is 0 Å². The van der Waals surface area contributed by atoms with Gasteiger partial charge >= 0.3 is 0 Å². The maximum absolute atomic E-state index is 12.1. The highest BCUT2D eigenvalue weighted by Gasteiger charge is 2.36. The molecule has 1 aliphatic heterocycles. The molecule has 1 aliphatic rings. The Kier molecular flexibility index (Phi) is 3.30. The van der Waals surface area contributed by atoms with Crippen LogP contribution in [0.15, 0.2) is 42.6 Å². The minimum Gasteiger partial charge on any atom is -0.545 e. The molecular formula is C15H10N3O4-. The Labute approximate surface area is 125 Å². The van der Waals surface area contributed by atoms with Crippen LogP contribution in [0.25, 0.3) is 0 Å². The number of carbonyl (C=O) groups is 3. The maximum atomic E-state index is 12.1. The first-order chi connectivity index (χ1) is 10.6. The highest BCUT2D eigenvalue weighted by atomic mass is 16.4. The summed E-state index contributed by atoms with van der Waals surface area (Å²) in [4.78, 5) is 39.8. The Bertz CT molecular complexity index is 736. The van der Waals surface area contributed by atoms with Gasteiger partial charge in [0.15, 0.2) is 0 Å². The minimum atomic E-state index is -1.27. The largest absolute Gasteiger partial charge is 0.545 e. The first-order valence-electron chi connectivity index (χ1n) is 6.44. The van der Waals surface area contributed by atoms with Gasteiger partial charge in [0.2, 0.25) is 0 Å². The van der Waals surface area contributed by atoms with Gasteiger partial charge < -0.3 is 15.2 Å². The van der Waals surface area contributed by atoms with E-state index in [1.54, 1.807) is 12.1 Å². The predicted molar refractivity (Wildman–Crippen MR) is 74.0 cm³/mol. The van der Waals surface area contributed by atoms with Crippen LogP contribution in [0.3, 0.4) is 0 Å². The summed E-state index contributed by atoms with van der Waals surface area (Å²) in [5, 5.41) is 13.5. The van der Waals surface area contributed by atoms with Crippen LogP contribution in [0.5, 0.6) is 0 Å². The molecule has 3 rings (SSSR count). The van der Waals surface area contributed by atoms with Gasteiger partial charge in [-0.15, -0.1) is 0 Å². The molecule has 0 atom stereocenters. The van der Waals surface area contributed by atoms with E-state index in [0.717, 1.165) is 4.90 Å². The monoisotopic (exact) mass is 296 g/mol. The molecule has 7 heteroatoms. The van der Waals surface area contributed by atoms with E-state index in [1.807, 2.05) is 0 Å². The zero-order valence-corrected chi connectivity index (χ0v) is 11.3. The van der Waals surface area contributed by atoms with Gasteiger partial charge in [-0.3, -0.25) is 19.5 Å². The zero-order valence-electron chi connectivity index (χ0n) is 11.3. The van der Waals surface area contributed by atoms with Crippen molar-refractivity contribution in [1.82, 2.24) is 9.88 Å². The van der Waals surface area contributed by atoms with Gasteiger partial charge in [-0.1, -0.05) is 12.1 Å². The lowest BCUT2D eigenvalue weighted by Gasteiger charge is -2.15. The van der Waals surface area contributed by atoms with Crippen LogP contribution in [0.1, 0.15) is 31.2 Å². The number of nitrogens with zero attached hydrogens (tertiary/aromatic N) is 2. The highest BCUT2D eigenvalue weighted by Crippen LogP contribution is 2.20. The van der Waals surface area contributed by atoms with Crippen LogP contribution < -0.4 is 10.4 Å². The van der Waals surface area contributed by atoms with Crippen molar-refractivity contribution >= 4 is 23.5 Å². The first kappa shape index (κ1) is 13.7. The van der Waals surface area contributed by atoms with E-state index in [2.05, 4.69) is 10.3 Å². The molecule has 2 aromatic rings. The van der Waals surface area contributed by atoms with E-state index in [9.17, 15) is 19.5 Å². The number of nitrogens with one attached hydrogen (secondary N) is 1. The standard InChI is InChI=1S/C15H11N3O4/c19-13-11-2-1-7-16-12(11)14(20)18(13)8-17-10-5-3-9(4-6-10)15(21)22/h1-7,17H,8H2,(H,21,22)/p-1. The van der Waals surface area contributed by atoms with E-state index >= 15 is 0 Å². The van der Waals surface area contributed by atoms with Gasteiger partial charge in [-0.25, -0.2) is 0 Å². The van der Waals surface area contributed by atoms with Crippen LogP contribution in [0.4, 0.5) is 5.69 Å². The smallest absolute Gasteiger partial charge is 0.281 e. The molecule has 2 heterocycles. The van der Waals surface area contributed by atoms with Crippen LogP contribution >= 0.6 is 0 Å². The Morgan fingerprint density at radius 2 is 1.86 bits per heavy atom.